The molecule has 0 unspecified atom stereocenters. The van der Waals surface area contributed by atoms with E-state index in [1.165, 1.54) is 23.5 Å². The predicted octanol–water partition coefficient (Wildman–Crippen LogP) is 3.77. The third-order valence-corrected chi connectivity index (χ3v) is 5.68. The molecule has 1 heterocycles. The molecule has 3 rings (SSSR count). The predicted molar refractivity (Wildman–Crippen MR) is 112 cm³/mol. The molecular weight excluding hydrogens is 392 g/mol. The number of aromatic nitrogens is 2. The van der Waals surface area contributed by atoms with Crippen LogP contribution in [-0.4, -0.2) is 27.5 Å². The molecule has 0 radical (unpaired) electrons. The maximum Gasteiger partial charge on any atom is 0.256 e. The van der Waals surface area contributed by atoms with E-state index in [-0.39, 0.29) is 11.7 Å². The van der Waals surface area contributed by atoms with E-state index in [9.17, 15) is 9.59 Å². The smallest absolute Gasteiger partial charge is 0.256 e. The molecule has 0 atom stereocenters. The average molecular weight is 411 g/mol. The van der Waals surface area contributed by atoms with Crippen LogP contribution in [0.15, 0.2) is 75.9 Å². The van der Waals surface area contributed by atoms with Gasteiger partial charge in [-0.25, -0.2) is 9.97 Å². The van der Waals surface area contributed by atoms with Gasteiger partial charge in [-0.1, -0.05) is 12.1 Å². The van der Waals surface area contributed by atoms with Crippen molar-refractivity contribution < 1.29 is 9.59 Å². The van der Waals surface area contributed by atoms with Gasteiger partial charge in [0, 0.05) is 27.9 Å². The highest BCUT2D eigenvalue weighted by molar-refractivity contribution is 8.00. The van der Waals surface area contributed by atoms with Crippen LogP contribution in [0, 0.1) is 6.92 Å². The Morgan fingerprint density at radius 2 is 1.82 bits per heavy atom. The van der Waals surface area contributed by atoms with Crippen LogP contribution in [0.3, 0.4) is 0 Å². The molecule has 0 bridgehead atoms. The highest BCUT2D eigenvalue weighted by atomic mass is 32.2. The summed E-state index contributed by atoms with van der Waals surface area (Å²) in [7, 11) is 0. The summed E-state index contributed by atoms with van der Waals surface area (Å²) in [6, 6.07) is 14.7. The van der Waals surface area contributed by atoms with E-state index >= 15 is 0 Å². The van der Waals surface area contributed by atoms with Crippen LogP contribution in [0.25, 0.3) is 0 Å². The molecule has 0 fully saturated rings. The number of rotatable bonds is 7. The summed E-state index contributed by atoms with van der Waals surface area (Å²) in [5, 5.41) is 3.60. The summed E-state index contributed by atoms with van der Waals surface area (Å²) in [5.41, 5.74) is 7.36. The molecule has 0 aliphatic carbocycles. The lowest BCUT2D eigenvalue weighted by molar-refractivity contribution is -0.115. The lowest BCUT2D eigenvalue weighted by atomic mass is 10.1. The Bertz CT molecular complexity index is 997. The number of amides is 2. The van der Waals surface area contributed by atoms with Gasteiger partial charge in [0.25, 0.3) is 5.91 Å². The van der Waals surface area contributed by atoms with E-state index in [0.717, 1.165) is 16.1 Å². The lowest BCUT2D eigenvalue weighted by Crippen LogP contribution is -2.16. The Kier molecular flexibility index (Phi) is 6.67. The van der Waals surface area contributed by atoms with E-state index in [0.29, 0.717) is 15.6 Å². The van der Waals surface area contributed by atoms with Crippen LogP contribution in [0.1, 0.15) is 15.9 Å². The summed E-state index contributed by atoms with van der Waals surface area (Å²) < 4.78 is 0. The topological polar surface area (TPSA) is 98.0 Å². The second-order valence-corrected chi connectivity index (χ2v) is 7.87. The number of carbonyl (C=O) groups is 2. The molecule has 142 valence electrons. The Morgan fingerprint density at radius 1 is 1.07 bits per heavy atom. The van der Waals surface area contributed by atoms with Crippen molar-refractivity contribution in [3.8, 4) is 0 Å². The minimum absolute atomic E-state index is 0.122. The number of hydrogen-bond acceptors (Lipinski definition) is 6. The Hall–Kier alpha value is -2.84. The number of carbonyl (C=O) groups excluding carboxylic acids is 2. The third kappa shape index (κ3) is 5.34. The van der Waals surface area contributed by atoms with Gasteiger partial charge < -0.3 is 11.1 Å². The van der Waals surface area contributed by atoms with Crippen molar-refractivity contribution in [3.05, 3.63) is 72.1 Å². The number of hydrogen-bond donors (Lipinski definition) is 2. The largest absolute Gasteiger partial charge is 0.369 e. The SMILES string of the molecule is Cc1cc(Sc2ncccn2)ccc1NC(=O)c1ccccc1SCC(N)=O. The minimum Gasteiger partial charge on any atom is -0.369 e. The number of thioether (sulfide) groups is 1. The molecule has 28 heavy (non-hydrogen) atoms. The van der Waals surface area contributed by atoms with Crippen LogP contribution < -0.4 is 11.1 Å². The first kappa shape index (κ1) is 19.9. The van der Waals surface area contributed by atoms with Crippen LogP contribution >= 0.6 is 23.5 Å². The summed E-state index contributed by atoms with van der Waals surface area (Å²) in [4.78, 5) is 33.9. The second-order valence-electron chi connectivity index (χ2n) is 5.82. The maximum absolute atomic E-state index is 12.7. The van der Waals surface area contributed by atoms with Gasteiger partial charge in [0.2, 0.25) is 5.91 Å². The van der Waals surface area contributed by atoms with E-state index in [1.54, 1.807) is 36.7 Å². The van der Waals surface area contributed by atoms with Crippen molar-refractivity contribution in [3.63, 3.8) is 0 Å². The number of aryl methyl sites for hydroxylation is 1. The van der Waals surface area contributed by atoms with Gasteiger partial charge in [0.05, 0.1) is 11.3 Å². The fourth-order valence-electron chi connectivity index (χ4n) is 2.40. The number of primary amides is 1. The molecule has 0 saturated heterocycles. The van der Waals surface area contributed by atoms with E-state index in [4.69, 9.17) is 5.73 Å². The van der Waals surface area contributed by atoms with Crippen molar-refractivity contribution in [1.82, 2.24) is 9.97 Å². The zero-order valence-corrected chi connectivity index (χ0v) is 16.7. The molecule has 2 aromatic carbocycles. The van der Waals surface area contributed by atoms with Crippen LogP contribution in [0.4, 0.5) is 5.69 Å². The Balaban J connectivity index is 1.73. The monoisotopic (exact) mass is 410 g/mol. The number of anilines is 1. The molecule has 3 aromatic rings. The molecule has 0 aliphatic rings. The lowest BCUT2D eigenvalue weighted by Gasteiger charge is -2.12. The Morgan fingerprint density at radius 3 is 2.54 bits per heavy atom. The van der Waals surface area contributed by atoms with Gasteiger partial charge in [0.1, 0.15) is 0 Å². The summed E-state index contributed by atoms with van der Waals surface area (Å²) in [6.45, 7) is 1.93. The van der Waals surface area contributed by atoms with E-state index in [2.05, 4.69) is 15.3 Å². The fourth-order valence-corrected chi connectivity index (χ4v) is 4.00. The molecule has 2 amide bonds. The van der Waals surface area contributed by atoms with Crippen LogP contribution in [0.5, 0.6) is 0 Å². The first-order valence-corrected chi connectivity index (χ1v) is 10.2. The summed E-state index contributed by atoms with van der Waals surface area (Å²) >= 11 is 2.70. The summed E-state index contributed by atoms with van der Waals surface area (Å²) in [5.74, 6) is -0.537. The maximum atomic E-state index is 12.7. The van der Waals surface area contributed by atoms with Gasteiger partial charge in [-0.3, -0.25) is 9.59 Å². The van der Waals surface area contributed by atoms with Gasteiger partial charge in [-0.15, -0.1) is 11.8 Å². The highest BCUT2D eigenvalue weighted by Gasteiger charge is 2.14. The first-order valence-electron chi connectivity index (χ1n) is 8.40. The molecule has 6 nitrogen and oxygen atoms in total. The van der Waals surface area contributed by atoms with Crippen molar-refractivity contribution in [2.24, 2.45) is 5.73 Å². The standard InChI is InChI=1S/C20H18N4O2S2/c1-13-11-14(28-20-22-9-4-10-23-20)7-8-16(13)24-19(26)15-5-2-3-6-17(15)27-12-18(21)25/h2-11H,12H2,1H3,(H2,21,25)(H,24,26). The molecule has 0 spiro atoms. The molecule has 3 N–H and O–H groups in total. The first-order chi connectivity index (χ1) is 13.5. The average Bonchev–Trinajstić information content (AvgIpc) is 2.69. The van der Waals surface area contributed by atoms with Crippen molar-refractivity contribution in [2.45, 2.75) is 21.9 Å². The molecule has 0 saturated carbocycles. The van der Waals surface area contributed by atoms with Crippen molar-refractivity contribution >= 4 is 41.0 Å². The van der Waals surface area contributed by atoms with E-state index < -0.39 is 5.91 Å². The quantitative estimate of drug-likeness (QED) is 0.455. The van der Waals surface area contributed by atoms with Crippen molar-refractivity contribution in [2.75, 3.05) is 11.1 Å². The third-order valence-electron chi connectivity index (χ3n) is 3.70. The number of benzene rings is 2. The zero-order chi connectivity index (χ0) is 19.9. The van der Waals surface area contributed by atoms with Gasteiger partial charge >= 0.3 is 0 Å². The number of nitrogens with one attached hydrogen (secondary N) is 1. The molecule has 0 aliphatic heterocycles. The normalized spacial score (nSPS) is 10.5. The van der Waals surface area contributed by atoms with E-state index in [1.807, 2.05) is 31.2 Å². The van der Waals surface area contributed by atoms with Crippen molar-refractivity contribution in [1.29, 1.82) is 0 Å². The zero-order valence-electron chi connectivity index (χ0n) is 15.1. The molecule has 8 heteroatoms. The highest BCUT2D eigenvalue weighted by Crippen LogP contribution is 2.29. The number of nitrogens with two attached hydrogens (primary N) is 1. The van der Waals surface area contributed by atoms with Gasteiger partial charge in [-0.05, 0) is 60.6 Å². The minimum atomic E-state index is -0.424. The van der Waals surface area contributed by atoms with Gasteiger partial charge in [-0.2, -0.15) is 0 Å². The van der Waals surface area contributed by atoms with Crippen LogP contribution in [-0.2, 0) is 4.79 Å². The molecular formula is C20H18N4O2S2. The molecule has 1 aromatic heterocycles. The second kappa shape index (κ2) is 9.38. The number of nitrogens with zero attached hydrogens (tertiary/aromatic N) is 2. The fraction of sp³-hybridized carbons (Fsp3) is 0.100. The Labute approximate surface area is 171 Å². The van der Waals surface area contributed by atoms with Crippen LogP contribution in [0.2, 0.25) is 0 Å². The summed E-state index contributed by atoms with van der Waals surface area (Å²) in [6.07, 6.45) is 3.40. The van der Waals surface area contributed by atoms with Gasteiger partial charge in [0.15, 0.2) is 5.16 Å².